The van der Waals surface area contributed by atoms with E-state index in [1.165, 1.54) is 0 Å². The van der Waals surface area contributed by atoms with Gasteiger partial charge < -0.3 is 14.8 Å². The first kappa shape index (κ1) is 18.1. The third-order valence-electron chi connectivity index (χ3n) is 3.40. The van der Waals surface area contributed by atoms with Crippen LogP contribution >= 0.6 is 11.6 Å². The summed E-state index contributed by atoms with van der Waals surface area (Å²) in [5.74, 6) is 1.42. The van der Waals surface area contributed by atoms with Gasteiger partial charge >= 0.3 is 0 Å². The fourth-order valence-electron chi connectivity index (χ4n) is 2.25. The standard InChI is InChI=1S/C19H22ClNO3/c1-3-23-18-8-5-4-7-16(18)21-19(22)9-6-12-24-17-11-10-15(20)13-14(17)2/h4-5,7-8,10-11,13H,3,6,9,12H2,1-2H3,(H,21,22). The average molecular weight is 348 g/mol. The molecule has 0 fully saturated rings. The van der Waals surface area contributed by atoms with E-state index in [2.05, 4.69) is 5.32 Å². The number of para-hydroxylation sites is 2. The van der Waals surface area contributed by atoms with Crippen molar-refractivity contribution in [2.24, 2.45) is 0 Å². The second kappa shape index (κ2) is 9.18. The fraction of sp³-hybridized carbons (Fsp3) is 0.316. The zero-order valence-electron chi connectivity index (χ0n) is 14.0. The van der Waals surface area contributed by atoms with Gasteiger partial charge in [0.1, 0.15) is 11.5 Å². The predicted molar refractivity (Wildman–Crippen MR) is 97.2 cm³/mol. The summed E-state index contributed by atoms with van der Waals surface area (Å²) in [5.41, 5.74) is 1.68. The minimum Gasteiger partial charge on any atom is -0.493 e. The molecule has 24 heavy (non-hydrogen) atoms. The molecule has 5 heteroatoms. The van der Waals surface area contributed by atoms with E-state index in [-0.39, 0.29) is 5.91 Å². The SMILES string of the molecule is CCOc1ccccc1NC(=O)CCCOc1ccc(Cl)cc1C. The van der Waals surface area contributed by atoms with E-state index < -0.39 is 0 Å². The van der Waals surface area contributed by atoms with Gasteiger partial charge in [-0.05, 0) is 56.2 Å². The summed E-state index contributed by atoms with van der Waals surface area (Å²) in [5, 5.41) is 3.56. The molecular formula is C19H22ClNO3. The van der Waals surface area contributed by atoms with Crippen LogP contribution in [-0.4, -0.2) is 19.1 Å². The molecule has 0 bridgehead atoms. The lowest BCUT2D eigenvalue weighted by molar-refractivity contribution is -0.116. The number of hydrogen-bond acceptors (Lipinski definition) is 3. The van der Waals surface area contributed by atoms with Crippen LogP contribution in [0.4, 0.5) is 5.69 Å². The van der Waals surface area contributed by atoms with Crippen LogP contribution < -0.4 is 14.8 Å². The maximum absolute atomic E-state index is 12.1. The number of amides is 1. The lowest BCUT2D eigenvalue weighted by Crippen LogP contribution is -2.13. The van der Waals surface area contributed by atoms with Crippen LogP contribution in [-0.2, 0) is 4.79 Å². The molecule has 0 radical (unpaired) electrons. The van der Waals surface area contributed by atoms with Crippen molar-refractivity contribution in [1.82, 2.24) is 0 Å². The van der Waals surface area contributed by atoms with E-state index in [0.29, 0.717) is 42.5 Å². The zero-order valence-corrected chi connectivity index (χ0v) is 14.7. The number of nitrogens with one attached hydrogen (secondary N) is 1. The van der Waals surface area contributed by atoms with Crippen molar-refractivity contribution in [3.8, 4) is 11.5 Å². The van der Waals surface area contributed by atoms with Crippen molar-refractivity contribution < 1.29 is 14.3 Å². The average Bonchev–Trinajstić information content (AvgIpc) is 2.55. The Morgan fingerprint density at radius 3 is 2.67 bits per heavy atom. The number of carbonyl (C=O) groups is 1. The molecule has 0 atom stereocenters. The smallest absolute Gasteiger partial charge is 0.224 e. The molecule has 0 unspecified atom stereocenters. The second-order valence-electron chi connectivity index (χ2n) is 5.34. The molecule has 0 aromatic heterocycles. The van der Waals surface area contributed by atoms with Gasteiger partial charge in [-0.25, -0.2) is 0 Å². The Balaban J connectivity index is 1.77. The van der Waals surface area contributed by atoms with Crippen molar-refractivity contribution in [3.05, 3.63) is 53.1 Å². The molecule has 128 valence electrons. The molecule has 1 N–H and O–H groups in total. The topological polar surface area (TPSA) is 47.6 Å². The third kappa shape index (κ3) is 5.46. The van der Waals surface area contributed by atoms with Crippen LogP contribution in [0.25, 0.3) is 0 Å². The Bertz CT molecular complexity index is 688. The normalized spacial score (nSPS) is 10.3. The highest BCUT2D eigenvalue weighted by atomic mass is 35.5. The number of rotatable bonds is 8. The number of benzene rings is 2. The number of anilines is 1. The van der Waals surface area contributed by atoms with Gasteiger partial charge in [0.25, 0.3) is 0 Å². The van der Waals surface area contributed by atoms with Crippen molar-refractivity contribution >= 4 is 23.2 Å². The summed E-state index contributed by atoms with van der Waals surface area (Å²) in [6.07, 6.45) is 1.01. The first-order valence-corrected chi connectivity index (χ1v) is 8.38. The van der Waals surface area contributed by atoms with Crippen LogP contribution in [0.5, 0.6) is 11.5 Å². The summed E-state index contributed by atoms with van der Waals surface area (Å²) in [4.78, 5) is 12.1. The predicted octanol–water partition coefficient (Wildman–Crippen LogP) is 4.84. The molecule has 0 spiro atoms. The number of ether oxygens (including phenoxy) is 2. The highest BCUT2D eigenvalue weighted by Gasteiger charge is 2.07. The maximum Gasteiger partial charge on any atom is 0.224 e. The minimum atomic E-state index is -0.0569. The molecule has 0 aliphatic rings. The molecule has 0 aliphatic heterocycles. The third-order valence-corrected chi connectivity index (χ3v) is 3.64. The molecular weight excluding hydrogens is 326 g/mol. The van der Waals surface area contributed by atoms with Crippen molar-refractivity contribution in [1.29, 1.82) is 0 Å². The van der Waals surface area contributed by atoms with E-state index >= 15 is 0 Å². The van der Waals surface area contributed by atoms with Gasteiger partial charge in [0, 0.05) is 11.4 Å². The monoisotopic (exact) mass is 347 g/mol. The fourth-order valence-corrected chi connectivity index (χ4v) is 2.48. The van der Waals surface area contributed by atoms with Gasteiger partial charge in [-0.2, -0.15) is 0 Å². The summed E-state index contributed by atoms with van der Waals surface area (Å²) >= 11 is 5.91. The second-order valence-corrected chi connectivity index (χ2v) is 5.78. The molecule has 2 rings (SSSR count). The van der Waals surface area contributed by atoms with Gasteiger partial charge in [-0.15, -0.1) is 0 Å². The summed E-state index contributed by atoms with van der Waals surface area (Å²) in [7, 11) is 0. The molecule has 1 amide bonds. The van der Waals surface area contributed by atoms with Gasteiger partial charge in [-0.3, -0.25) is 4.79 Å². The van der Waals surface area contributed by atoms with Crippen LogP contribution in [0.2, 0.25) is 5.02 Å². The molecule has 0 aliphatic carbocycles. The largest absolute Gasteiger partial charge is 0.493 e. The maximum atomic E-state index is 12.1. The Hall–Kier alpha value is -2.20. The van der Waals surface area contributed by atoms with Gasteiger partial charge in [-0.1, -0.05) is 23.7 Å². The number of halogens is 1. The first-order valence-electron chi connectivity index (χ1n) is 8.00. The highest BCUT2D eigenvalue weighted by molar-refractivity contribution is 6.30. The molecule has 4 nitrogen and oxygen atoms in total. The van der Waals surface area contributed by atoms with Crippen molar-refractivity contribution in [2.75, 3.05) is 18.5 Å². The Morgan fingerprint density at radius 1 is 1.12 bits per heavy atom. The van der Waals surface area contributed by atoms with E-state index in [1.54, 1.807) is 6.07 Å². The summed E-state index contributed by atoms with van der Waals surface area (Å²) in [6, 6.07) is 12.9. The van der Waals surface area contributed by atoms with E-state index in [9.17, 15) is 4.79 Å². The quantitative estimate of drug-likeness (QED) is 0.695. The number of aryl methyl sites for hydroxylation is 1. The Labute approximate surface area is 147 Å². The number of carbonyl (C=O) groups excluding carboxylic acids is 1. The molecule has 2 aromatic rings. The Kier molecular flexibility index (Phi) is 6.94. The van der Waals surface area contributed by atoms with Crippen LogP contribution in [0.3, 0.4) is 0 Å². The Morgan fingerprint density at radius 2 is 1.92 bits per heavy atom. The van der Waals surface area contributed by atoms with Gasteiger partial charge in [0.05, 0.1) is 18.9 Å². The van der Waals surface area contributed by atoms with E-state index in [4.69, 9.17) is 21.1 Å². The van der Waals surface area contributed by atoms with E-state index in [0.717, 1.165) is 11.3 Å². The van der Waals surface area contributed by atoms with Crippen LogP contribution in [0.15, 0.2) is 42.5 Å². The van der Waals surface area contributed by atoms with Crippen LogP contribution in [0.1, 0.15) is 25.3 Å². The van der Waals surface area contributed by atoms with Gasteiger partial charge in [0.2, 0.25) is 5.91 Å². The first-order chi connectivity index (χ1) is 11.6. The zero-order chi connectivity index (χ0) is 17.4. The van der Waals surface area contributed by atoms with Crippen molar-refractivity contribution in [3.63, 3.8) is 0 Å². The molecule has 0 saturated carbocycles. The lowest BCUT2D eigenvalue weighted by atomic mass is 10.2. The van der Waals surface area contributed by atoms with Gasteiger partial charge in [0.15, 0.2) is 0 Å². The van der Waals surface area contributed by atoms with Crippen LogP contribution in [0, 0.1) is 6.92 Å². The lowest BCUT2D eigenvalue weighted by Gasteiger charge is -2.12. The number of hydrogen-bond donors (Lipinski definition) is 1. The molecule has 0 saturated heterocycles. The molecule has 2 aromatic carbocycles. The summed E-state index contributed by atoms with van der Waals surface area (Å²) < 4.78 is 11.2. The van der Waals surface area contributed by atoms with E-state index in [1.807, 2.05) is 50.2 Å². The highest BCUT2D eigenvalue weighted by Crippen LogP contribution is 2.24. The minimum absolute atomic E-state index is 0.0569. The molecule has 0 heterocycles. The summed E-state index contributed by atoms with van der Waals surface area (Å²) in [6.45, 7) is 4.89. The van der Waals surface area contributed by atoms with Crippen molar-refractivity contribution in [2.45, 2.75) is 26.7 Å².